The van der Waals surface area contributed by atoms with E-state index in [9.17, 15) is 14.4 Å². The van der Waals surface area contributed by atoms with Gasteiger partial charge in [0, 0.05) is 18.7 Å². The predicted molar refractivity (Wildman–Crippen MR) is 129 cm³/mol. The first-order valence-corrected chi connectivity index (χ1v) is 11.7. The number of aliphatic imine (C=N–C) groups is 1. The van der Waals surface area contributed by atoms with Crippen LogP contribution in [0.2, 0.25) is 0 Å². The summed E-state index contributed by atoms with van der Waals surface area (Å²) in [5, 5.41) is 2.80. The fraction of sp³-hybridized carbons (Fsp3) is 0.333. The topological polar surface area (TPSA) is 97.3 Å². The second-order valence-corrected chi connectivity index (χ2v) is 8.23. The largest absolute Gasteiger partial charge is 0.494 e. The Kier molecular flexibility index (Phi) is 8.48. The monoisotopic (exact) mass is 469 g/mol. The van der Waals surface area contributed by atoms with E-state index in [0.29, 0.717) is 41.9 Å². The smallest absolute Gasteiger partial charge is 0.338 e. The van der Waals surface area contributed by atoms with Crippen LogP contribution in [0.5, 0.6) is 5.75 Å². The van der Waals surface area contributed by atoms with Crippen LogP contribution in [0.3, 0.4) is 0 Å². The number of benzene rings is 2. The highest BCUT2D eigenvalue weighted by Crippen LogP contribution is 2.32. The first kappa shape index (κ1) is 24.3. The van der Waals surface area contributed by atoms with Crippen molar-refractivity contribution in [1.82, 2.24) is 4.90 Å². The van der Waals surface area contributed by atoms with Crippen LogP contribution in [0.1, 0.15) is 37.6 Å². The molecule has 0 aromatic heterocycles. The Hall–Kier alpha value is -3.33. The summed E-state index contributed by atoms with van der Waals surface area (Å²) in [5.41, 5.74) is 1.69. The van der Waals surface area contributed by atoms with E-state index in [-0.39, 0.29) is 18.2 Å². The minimum atomic E-state index is -0.551. The molecule has 1 unspecified atom stereocenters. The molecule has 0 spiro atoms. The Morgan fingerprint density at radius 1 is 1.03 bits per heavy atom. The van der Waals surface area contributed by atoms with Crippen LogP contribution in [-0.4, -0.2) is 52.9 Å². The molecule has 8 nitrogen and oxygen atoms in total. The van der Waals surface area contributed by atoms with Crippen molar-refractivity contribution in [1.29, 1.82) is 0 Å². The number of esters is 1. The molecule has 1 saturated heterocycles. The number of carbonyl (C=O) groups excluding carboxylic acids is 3. The molecule has 1 atom stereocenters. The minimum Gasteiger partial charge on any atom is -0.494 e. The van der Waals surface area contributed by atoms with E-state index >= 15 is 0 Å². The van der Waals surface area contributed by atoms with Crippen LogP contribution >= 0.6 is 11.8 Å². The molecule has 2 aromatic carbocycles. The lowest BCUT2D eigenvalue weighted by Gasteiger charge is -2.13. The highest BCUT2D eigenvalue weighted by atomic mass is 32.2. The van der Waals surface area contributed by atoms with Gasteiger partial charge in [-0.1, -0.05) is 11.8 Å². The highest BCUT2D eigenvalue weighted by Gasteiger charge is 2.38. The Bertz CT molecular complexity index is 1020. The molecule has 0 radical (unpaired) electrons. The van der Waals surface area contributed by atoms with Gasteiger partial charge in [0.25, 0.3) is 0 Å². The van der Waals surface area contributed by atoms with Crippen LogP contribution in [0.15, 0.2) is 53.5 Å². The van der Waals surface area contributed by atoms with Crippen LogP contribution in [0.25, 0.3) is 0 Å². The van der Waals surface area contributed by atoms with E-state index in [2.05, 4.69) is 10.3 Å². The SMILES string of the molecule is CCOC(=O)c1ccc(N=C2SC(CC(=O)Nc3ccc(OCC)cc3)C(=O)N2CC)cc1. The highest BCUT2D eigenvalue weighted by molar-refractivity contribution is 8.15. The zero-order chi connectivity index (χ0) is 23.8. The van der Waals surface area contributed by atoms with Crippen molar-refractivity contribution in [3.63, 3.8) is 0 Å². The molecule has 1 aliphatic rings. The second kappa shape index (κ2) is 11.5. The van der Waals surface area contributed by atoms with Gasteiger partial charge in [0.1, 0.15) is 11.0 Å². The summed E-state index contributed by atoms with van der Waals surface area (Å²) in [5.74, 6) is -0.0602. The summed E-state index contributed by atoms with van der Waals surface area (Å²) < 4.78 is 10.4. The van der Waals surface area contributed by atoms with E-state index < -0.39 is 11.2 Å². The third kappa shape index (κ3) is 6.35. The molecule has 3 rings (SSSR count). The number of nitrogens with one attached hydrogen (secondary N) is 1. The van der Waals surface area contributed by atoms with Crippen molar-refractivity contribution in [3.05, 3.63) is 54.1 Å². The lowest BCUT2D eigenvalue weighted by Crippen LogP contribution is -2.33. The van der Waals surface area contributed by atoms with Crippen LogP contribution in [0, 0.1) is 0 Å². The molecule has 1 heterocycles. The van der Waals surface area contributed by atoms with Gasteiger partial charge in [-0.05, 0) is 69.3 Å². The van der Waals surface area contributed by atoms with Crippen LogP contribution < -0.4 is 10.1 Å². The van der Waals surface area contributed by atoms with Gasteiger partial charge in [-0.25, -0.2) is 9.79 Å². The van der Waals surface area contributed by atoms with Crippen LogP contribution in [0.4, 0.5) is 11.4 Å². The maximum atomic E-state index is 12.8. The quantitative estimate of drug-likeness (QED) is 0.552. The molecule has 0 aliphatic carbocycles. The molecule has 2 amide bonds. The van der Waals surface area contributed by atoms with Gasteiger partial charge < -0.3 is 14.8 Å². The van der Waals surface area contributed by atoms with E-state index in [4.69, 9.17) is 9.47 Å². The summed E-state index contributed by atoms with van der Waals surface area (Å²) in [6.07, 6.45) is 0.0357. The maximum absolute atomic E-state index is 12.8. The van der Waals surface area contributed by atoms with Crippen molar-refractivity contribution >= 4 is 46.1 Å². The standard InChI is InChI=1S/C24H27N3O5S/c1-4-27-22(29)20(15-21(28)25-17-11-13-19(14-12-17)31-5-2)33-24(27)26-18-9-7-16(8-10-18)23(30)32-6-3/h7-14,20H,4-6,15H2,1-3H3,(H,25,28). The van der Waals surface area contributed by atoms with Gasteiger partial charge in [-0.2, -0.15) is 0 Å². The summed E-state index contributed by atoms with van der Waals surface area (Å²) in [4.78, 5) is 43.3. The number of rotatable bonds is 9. The number of amides is 2. The number of hydrogen-bond acceptors (Lipinski definition) is 7. The second-order valence-electron chi connectivity index (χ2n) is 7.06. The first-order valence-electron chi connectivity index (χ1n) is 10.8. The summed E-state index contributed by atoms with van der Waals surface area (Å²) in [6.45, 7) is 6.84. The van der Waals surface area contributed by atoms with Gasteiger partial charge in [-0.15, -0.1) is 0 Å². The number of anilines is 1. The van der Waals surface area contributed by atoms with Crippen molar-refractivity contribution in [3.8, 4) is 5.75 Å². The van der Waals surface area contributed by atoms with E-state index in [1.807, 2.05) is 13.8 Å². The molecule has 9 heteroatoms. The Morgan fingerprint density at radius 3 is 2.33 bits per heavy atom. The Labute approximate surface area is 197 Å². The third-order valence-corrected chi connectivity index (χ3v) is 5.93. The Morgan fingerprint density at radius 2 is 1.73 bits per heavy atom. The van der Waals surface area contributed by atoms with Crippen molar-refractivity contribution in [2.24, 2.45) is 4.99 Å². The summed E-state index contributed by atoms with van der Waals surface area (Å²) >= 11 is 1.27. The number of thioether (sulfide) groups is 1. The summed E-state index contributed by atoms with van der Waals surface area (Å²) in [6, 6.07) is 13.8. The normalized spacial score (nSPS) is 16.7. The molecule has 1 fully saturated rings. The van der Waals surface area contributed by atoms with E-state index in [1.165, 1.54) is 11.8 Å². The number of nitrogens with zero attached hydrogens (tertiary/aromatic N) is 2. The number of carbonyl (C=O) groups is 3. The fourth-order valence-electron chi connectivity index (χ4n) is 3.19. The average molecular weight is 470 g/mol. The number of amidine groups is 1. The molecule has 33 heavy (non-hydrogen) atoms. The Balaban J connectivity index is 1.65. The molecular formula is C24H27N3O5S. The lowest BCUT2D eigenvalue weighted by atomic mass is 10.2. The fourth-order valence-corrected chi connectivity index (χ4v) is 4.42. The van der Waals surface area contributed by atoms with Gasteiger partial charge in [0.15, 0.2) is 5.17 Å². The molecule has 0 bridgehead atoms. The number of hydrogen-bond donors (Lipinski definition) is 1. The molecular weight excluding hydrogens is 442 g/mol. The van der Waals surface area contributed by atoms with Gasteiger partial charge >= 0.3 is 5.97 Å². The third-order valence-electron chi connectivity index (χ3n) is 4.76. The first-order chi connectivity index (χ1) is 15.9. The van der Waals surface area contributed by atoms with Crippen molar-refractivity contribution in [2.45, 2.75) is 32.4 Å². The predicted octanol–water partition coefficient (Wildman–Crippen LogP) is 4.24. The molecule has 174 valence electrons. The van der Waals surface area contributed by atoms with Crippen LogP contribution in [-0.2, 0) is 14.3 Å². The molecule has 1 N–H and O–H groups in total. The van der Waals surface area contributed by atoms with Gasteiger partial charge in [0.05, 0.1) is 24.5 Å². The zero-order valence-electron chi connectivity index (χ0n) is 18.9. The molecule has 2 aromatic rings. The van der Waals surface area contributed by atoms with Gasteiger partial charge in [-0.3, -0.25) is 14.5 Å². The molecule has 1 aliphatic heterocycles. The van der Waals surface area contributed by atoms with E-state index in [1.54, 1.807) is 60.4 Å². The van der Waals surface area contributed by atoms with E-state index in [0.717, 1.165) is 5.75 Å². The lowest BCUT2D eigenvalue weighted by molar-refractivity contribution is -0.128. The minimum absolute atomic E-state index is 0.0357. The van der Waals surface area contributed by atoms with Gasteiger partial charge in [0.2, 0.25) is 11.8 Å². The maximum Gasteiger partial charge on any atom is 0.338 e. The average Bonchev–Trinajstić information content (AvgIpc) is 3.09. The zero-order valence-corrected chi connectivity index (χ0v) is 19.7. The molecule has 0 saturated carbocycles. The number of ether oxygens (including phenoxy) is 2. The van der Waals surface area contributed by atoms with Crippen molar-refractivity contribution < 1.29 is 23.9 Å². The van der Waals surface area contributed by atoms with Crippen molar-refractivity contribution in [2.75, 3.05) is 25.1 Å². The summed E-state index contributed by atoms with van der Waals surface area (Å²) in [7, 11) is 0.